The number of esters is 2. The molecule has 2 aromatic carbocycles. The minimum Gasteiger partial charge on any atom is -0.508 e. The van der Waals surface area contributed by atoms with Gasteiger partial charge < -0.3 is 30.0 Å². The molecular formula is C33H40N2O8. The second-order valence-corrected chi connectivity index (χ2v) is 11.5. The fourth-order valence-electron chi connectivity index (χ4n) is 5.10. The van der Waals surface area contributed by atoms with Crippen LogP contribution in [0.2, 0.25) is 0 Å². The quantitative estimate of drug-likeness (QED) is 0.327. The minimum absolute atomic E-state index is 0.0432. The van der Waals surface area contributed by atoms with Crippen LogP contribution in [0.5, 0.6) is 5.75 Å². The number of ether oxygens (including phenoxy) is 3. The summed E-state index contributed by atoms with van der Waals surface area (Å²) in [6, 6.07) is 15.2. The number of hydrogen-bond donors (Lipinski definition) is 3. The molecule has 2 amide bonds. The molecule has 6 atom stereocenters. The van der Waals surface area contributed by atoms with Gasteiger partial charge in [0.05, 0.1) is 12.5 Å². The minimum atomic E-state index is -1.11. The van der Waals surface area contributed by atoms with Gasteiger partial charge in [0.15, 0.2) is 6.10 Å². The Labute approximate surface area is 251 Å². The molecule has 0 bridgehead atoms. The molecular weight excluding hydrogens is 552 g/mol. The Kier molecular flexibility index (Phi) is 10.9. The Morgan fingerprint density at radius 3 is 2.37 bits per heavy atom. The molecule has 4 rings (SSSR count). The number of amides is 2. The fourth-order valence-corrected chi connectivity index (χ4v) is 5.10. The zero-order chi connectivity index (χ0) is 30.9. The Morgan fingerprint density at radius 1 is 0.953 bits per heavy atom. The molecule has 2 heterocycles. The van der Waals surface area contributed by atoms with E-state index in [1.54, 1.807) is 18.2 Å². The maximum Gasteiger partial charge on any atom is 0.347 e. The molecule has 1 fully saturated rings. The van der Waals surface area contributed by atoms with Crippen LogP contribution in [-0.2, 0) is 39.8 Å². The molecule has 1 unspecified atom stereocenters. The number of nitrogens with one attached hydrogen (secondary N) is 2. The monoisotopic (exact) mass is 592 g/mol. The van der Waals surface area contributed by atoms with Crippen molar-refractivity contribution >= 4 is 23.8 Å². The highest BCUT2D eigenvalue weighted by Gasteiger charge is 2.47. The molecule has 230 valence electrons. The van der Waals surface area contributed by atoms with Gasteiger partial charge >= 0.3 is 11.9 Å². The molecule has 0 spiro atoms. The van der Waals surface area contributed by atoms with Gasteiger partial charge in [-0.1, -0.05) is 69.3 Å². The number of carbonyl (C=O) groups excluding carboxylic acids is 4. The average Bonchev–Trinajstić information content (AvgIpc) is 3.77. The lowest BCUT2D eigenvalue weighted by molar-refractivity contribution is -0.174. The molecule has 2 aliphatic rings. The van der Waals surface area contributed by atoms with Gasteiger partial charge in [-0.25, -0.2) is 4.79 Å². The van der Waals surface area contributed by atoms with Crippen LogP contribution in [0.3, 0.4) is 0 Å². The van der Waals surface area contributed by atoms with Crippen molar-refractivity contribution in [3.8, 4) is 5.75 Å². The van der Waals surface area contributed by atoms with Crippen LogP contribution in [-0.4, -0.2) is 59.8 Å². The van der Waals surface area contributed by atoms with Gasteiger partial charge in [0.25, 0.3) is 0 Å². The number of carbonyl (C=O) groups is 4. The van der Waals surface area contributed by atoms with Crippen molar-refractivity contribution in [1.29, 1.82) is 0 Å². The smallest absolute Gasteiger partial charge is 0.347 e. The van der Waals surface area contributed by atoms with Crippen LogP contribution in [0, 0.1) is 11.8 Å². The first kappa shape index (κ1) is 31.7. The van der Waals surface area contributed by atoms with Crippen LogP contribution in [0.15, 0.2) is 66.7 Å². The van der Waals surface area contributed by atoms with Gasteiger partial charge in [-0.2, -0.15) is 0 Å². The molecule has 2 aromatic rings. The number of phenols is 1. The second-order valence-electron chi connectivity index (χ2n) is 11.5. The zero-order valence-corrected chi connectivity index (χ0v) is 24.7. The lowest BCUT2D eigenvalue weighted by Crippen LogP contribution is -2.48. The Bertz CT molecular complexity index is 1290. The Balaban J connectivity index is 1.54. The molecule has 0 radical (unpaired) electrons. The van der Waals surface area contributed by atoms with E-state index in [0.717, 1.165) is 11.1 Å². The van der Waals surface area contributed by atoms with Crippen molar-refractivity contribution < 1.29 is 38.5 Å². The Hall–Kier alpha value is -4.18. The van der Waals surface area contributed by atoms with Gasteiger partial charge in [0, 0.05) is 25.3 Å². The van der Waals surface area contributed by atoms with E-state index >= 15 is 0 Å². The van der Waals surface area contributed by atoms with E-state index in [2.05, 4.69) is 10.6 Å². The summed E-state index contributed by atoms with van der Waals surface area (Å²) in [5, 5.41) is 15.0. The number of hydrogen-bond acceptors (Lipinski definition) is 8. The molecule has 0 aromatic heterocycles. The van der Waals surface area contributed by atoms with E-state index in [1.165, 1.54) is 18.2 Å². The van der Waals surface area contributed by atoms with Crippen LogP contribution in [0.4, 0.5) is 0 Å². The third kappa shape index (κ3) is 9.41. The molecule has 0 saturated carbocycles. The van der Waals surface area contributed by atoms with E-state index in [9.17, 15) is 24.3 Å². The van der Waals surface area contributed by atoms with E-state index in [0.29, 0.717) is 0 Å². The fraction of sp³-hybridized carbons (Fsp3) is 0.455. The van der Waals surface area contributed by atoms with Gasteiger partial charge in [-0.05, 0) is 41.7 Å². The second kappa shape index (κ2) is 14.8. The van der Waals surface area contributed by atoms with Gasteiger partial charge in [-0.3, -0.25) is 14.4 Å². The molecule has 2 aliphatic heterocycles. The van der Waals surface area contributed by atoms with E-state index in [1.807, 2.05) is 51.1 Å². The summed E-state index contributed by atoms with van der Waals surface area (Å²) in [7, 11) is 0. The summed E-state index contributed by atoms with van der Waals surface area (Å²) < 4.78 is 17.5. The lowest BCUT2D eigenvalue weighted by atomic mass is 9.93. The third-order valence-corrected chi connectivity index (χ3v) is 7.52. The van der Waals surface area contributed by atoms with E-state index in [4.69, 9.17) is 14.2 Å². The lowest BCUT2D eigenvalue weighted by Gasteiger charge is -2.26. The summed E-state index contributed by atoms with van der Waals surface area (Å²) >= 11 is 0. The molecule has 3 N–H and O–H groups in total. The summed E-state index contributed by atoms with van der Waals surface area (Å²) in [6.07, 6.45) is 1.32. The highest BCUT2D eigenvalue weighted by atomic mass is 16.6. The van der Waals surface area contributed by atoms with Crippen molar-refractivity contribution in [3.63, 3.8) is 0 Å². The molecule has 10 heteroatoms. The van der Waals surface area contributed by atoms with Crippen molar-refractivity contribution in [1.82, 2.24) is 10.6 Å². The molecule has 1 saturated heterocycles. The molecule has 43 heavy (non-hydrogen) atoms. The van der Waals surface area contributed by atoms with E-state index < -0.39 is 42.0 Å². The number of rotatable bonds is 7. The zero-order valence-electron chi connectivity index (χ0n) is 24.7. The predicted octanol–water partition coefficient (Wildman–Crippen LogP) is 3.53. The number of phenolic OH excluding ortho intramolecular Hbond substituents is 1. The van der Waals surface area contributed by atoms with Crippen LogP contribution in [0.1, 0.15) is 57.3 Å². The van der Waals surface area contributed by atoms with Crippen LogP contribution >= 0.6 is 0 Å². The van der Waals surface area contributed by atoms with Gasteiger partial charge in [0.2, 0.25) is 11.8 Å². The number of benzene rings is 2. The molecule has 0 aliphatic carbocycles. The first-order valence-corrected chi connectivity index (χ1v) is 14.7. The standard InChI is InChI=1S/C33H40N2O8/c1-20(2)18-27-33(40)42-26(21(3)30-31(43-30)23-8-5-4-6-9-23)10-7-11-28(37)35-25(19-22-12-14-24(36)15-13-22)32(39)34-17-16-29(38)41-27/h4-9,11-15,20-21,25-27,30-31,36H,10,16-19H2,1-3H3,(H,34,39)(H,35,37)/b11-7+/t21-,25+,26-,27-,30?,31+/m0/s1. The van der Waals surface area contributed by atoms with Crippen molar-refractivity contribution in [2.75, 3.05) is 6.54 Å². The largest absolute Gasteiger partial charge is 0.508 e. The van der Waals surface area contributed by atoms with Crippen molar-refractivity contribution in [3.05, 3.63) is 77.9 Å². The maximum atomic E-state index is 13.3. The number of aromatic hydroxyl groups is 1. The Morgan fingerprint density at radius 2 is 1.67 bits per heavy atom. The average molecular weight is 593 g/mol. The highest BCUT2D eigenvalue weighted by Crippen LogP contribution is 2.45. The normalized spacial score (nSPS) is 26.9. The molecule has 10 nitrogen and oxygen atoms in total. The topological polar surface area (TPSA) is 144 Å². The van der Waals surface area contributed by atoms with Gasteiger partial charge in [-0.15, -0.1) is 0 Å². The first-order valence-electron chi connectivity index (χ1n) is 14.7. The van der Waals surface area contributed by atoms with Crippen LogP contribution in [0.25, 0.3) is 0 Å². The SMILES string of the molecule is CC(C)C[C@@H]1OC(=O)CCNC(=O)[C@@H](Cc2ccc(O)cc2)NC(=O)/C=C/C[C@@H]([C@H](C)C2O[C@@H]2c2ccccc2)OC1=O. The highest BCUT2D eigenvalue weighted by molar-refractivity contribution is 5.93. The summed E-state index contributed by atoms with van der Waals surface area (Å²) in [5.41, 5.74) is 1.75. The maximum absolute atomic E-state index is 13.3. The number of cyclic esters (lactones) is 2. The van der Waals surface area contributed by atoms with E-state index in [-0.39, 0.29) is 62.0 Å². The van der Waals surface area contributed by atoms with Crippen molar-refractivity contribution in [2.45, 2.75) is 76.9 Å². The number of epoxide rings is 1. The summed E-state index contributed by atoms with van der Waals surface area (Å²) in [5.74, 6) is -2.37. The third-order valence-electron chi connectivity index (χ3n) is 7.52. The summed E-state index contributed by atoms with van der Waals surface area (Å²) in [4.78, 5) is 52.0. The van der Waals surface area contributed by atoms with Crippen molar-refractivity contribution in [2.24, 2.45) is 11.8 Å². The first-order chi connectivity index (χ1) is 20.6. The predicted molar refractivity (Wildman–Crippen MR) is 158 cm³/mol. The summed E-state index contributed by atoms with van der Waals surface area (Å²) in [6.45, 7) is 5.72. The van der Waals surface area contributed by atoms with Gasteiger partial charge in [0.1, 0.15) is 24.0 Å². The van der Waals surface area contributed by atoms with Crippen LogP contribution < -0.4 is 10.6 Å².